The fourth-order valence-corrected chi connectivity index (χ4v) is 2.88. The van der Waals surface area contributed by atoms with Gasteiger partial charge in [0.05, 0.1) is 10.6 Å². The summed E-state index contributed by atoms with van der Waals surface area (Å²) in [6.07, 6.45) is 1.61. The lowest BCUT2D eigenvalue weighted by molar-refractivity contribution is 0.0907. The molecular weight excluding hydrogens is 265 g/mol. The van der Waals surface area contributed by atoms with Crippen LogP contribution in [0.1, 0.15) is 36.4 Å². The summed E-state index contributed by atoms with van der Waals surface area (Å²) in [5.74, 6) is 0.277. The van der Waals surface area contributed by atoms with E-state index in [2.05, 4.69) is 5.32 Å². The quantitative estimate of drug-likeness (QED) is 0.813. The van der Waals surface area contributed by atoms with Gasteiger partial charge in [0, 0.05) is 5.88 Å². The molecule has 90 valence electrons. The van der Waals surface area contributed by atoms with Crippen molar-refractivity contribution >= 4 is 40.4 Å². The van der Waals surface area contributed by atoms with Crippen LogP contribution in [-0.4, -0.2) is 17.3 Å². The SMILES string of the molecule is CCC(CC)(CCl)NC(=O)c1sccc1Cl. The highest BCUT2D eigenvalue weighted by molar-refractivity contribution is 7.12. The Hall–Kier alpha value is -0.250. The van der Waals surface area contributed by atoms with Gasteiger partial charge in [-0.2, -0.15) is 0 Å². The van der Waals surface area contributed by atoms with Gasteiger partial charge < -0.3 is 5.32 Å². The van der Waals surface area contributed by atoms with Gasteiger partial charge >= 0.3 is 0 Å². The van der Waals surface area contributed by atoms with Gasteiger partial charge in [-0.1, -0.05) is 25.4 Å². The van der Waals surface area contributed by atoms with Crippen LogP contribution in [0.25, 0.3) is 0 Å². The fourth-order valence-electron chi connectivity index (χ4n) is 1.40. The van der Waals surface area contributed by atoms with Crippen molar-refractivity contribution in [3.63, 3.8) is 0 Å². The minimum Gasteiger partial charge on any atom is -0.345 e. The summed E-state index contributed by atoms with van der Waals surface area (Å²) in [6, 6.07) is 1.72. The number of carbonyl (C=O) groups excluding carboxylic acids is 1. The van der Waals surface area contributed by atoms with E-state index in [9.17, 15) is 4.79 Å². The second kappa shape index (κ2) is 5.89. The van der Waals surface area contributed by atoms with Crippen LogP contribution in [0.4, 0.5) is 0 Å². The summed E-state index contributed by atoms with van der Waals surface area (Å²) >= 11 is 13.2. The molecule has 0 aliphatic rings. The first kappa shape index (κ1) is 13.8. The second-order valence-corrected chi connectivity index (χ2v) is 5.26. The van der Waals surface area contributed by atoms with Crippen molar-refractivity contribution in [2.24, 2.45) is 0 Å². The number of rotatable bonds is 5. The zero-order valence-electron chi connectivity index (χ0n) is 9.35. The summed E-state index contributed by atoms with van der Waals surface area (Å²) < 4.78 is 0. The molecule has 0 radical (unpaired) electrons. The van der Waals surface area contributed by atoms with Crippen molar-refractivity contribution in [3.8, 4) is 0 Å². The molecule has 0 saturated heterocycles. The van der Waals surface area contributed by atoms with E-state index < -0.39 is 0 Å². The highest BCUT2D eigenvalue weighted by atomic mass is 35.5. The summed E-state index contributed by atoms with van der Waals surface area (Å²) in [5, 5.41) is 5.28. The van der Waals surface area contributed by atoms with E-state index in [4.69, 9.17) is 23.2 Å². The number of nitrogens with one attached hydrogen (secondary N) is 1. The van der Waals surface area contributed by atoms with Crippen LogP contribution < -0.4 is 5.32 Å². The van der Waals surface area contributed by atoms with Crippen LogP contribution in [0, 0.1) is 0 Å². The number of thiophene rings is 1. The Kier molecular flexibility index (Phi) is 5.09. The van der Waals surface area contributed by atoms with Crippen molar-refractivity contribution in [3.05, 3.63) is 21.3 Å². The Labute approximate surface area is 110 Å². The number of halogens is 2. The molecule has 2 nitrogen and oxygen atoms in total. The van der Waals surface area contributed by atoms with Gasteiger partial charge in [0.1, 0.15) is 4.88 Å². The largest absolute Gasteiger partial charge is 0.345 e. The lowest BCUT2D eigenvalue weighted by Crippen LogP contribution is -2.49. The van der Waals surface area contributed by atoms with Crippen molar-refractivity contribution in [1.82, 2.24) is 5.32 Å². The summed E-state index contributed by atoms with van der Waals surface area (Å²) in [5.41, 5.74) is -0.327. The van der Waals surface area contributed by atoms with Crippen molar-refractivity contribution in [2.75, 3.05) is 5.88 Å². The van der Waals surface area contributed by atoms with Gasteiger partial charge in [-0.3, -0.25) is 4.79 Å². The molecule has 0 bridgehead atoms. The van der Waals surface area contributed by atoms with Crippen LogP contribution >= 0.6 is 34.5 Å². The van der Waals surface area contributed by atoms with Gasteiger partial charge in [0.2, 0.25) is 0 Å². The van der Waals surface area contributed by atoms with E-state index in [0.717, 1.165) is 12.8 Å². The molecule has 0 spiro atoms. The number of amides is 1. The van der Waals surface area contributed by atoms with Gasteiger partial charge in [-0.25, -0.2) is 0 Å². The first-order valence-electron chi connectivity index (χ1n) is 5.20. The third-order valence-corrected chi connectivity index (χ3v) is 4.66. The normalized spacial score (nSPS) is 11.5. The molecule has 16 heavy (non-hydrogen) atoms. The molecule has 1 rings (SSSR count). The monoisotopic (exact) mass is 279 g/mol. The maximum absolute atomic E-state index is 12.0. The van der Waals surface area contributed by atoms with E-state index in [0.29, 0.717) is 15.8 Å². The molecule has 1 aromatic rings. The summed E-state index contributed by atoms with van der Waals surface area (Å²) in [7, 11) is 0. The van der Waals surface area contributed by atoms with Crippen LogP contribution in [-0.2, 0) is 0 Å². The summed E-state index contributed by atoms with van der Waals surface area (Å²) in [6.45, 7) is 4.03. The Morgan fingerprint density at radius 2 is 2.12 bits per heavy atom. The fraction of sp³-hybridized carbons (Fsp3) is 0.545. The Balaban J connectivity index is 2.81. The van der Waals surface area contributed by atoms with Crippen molar-refractivity contribution < 1.29 is 4.79 Å². The van der Waals surface area contributed by atoms with Gasteiger partial charge in [-0.15, -0.1) is 22.9 Å². The third kappa shape index (κ3) is 2.90. The maximum atomic E-state index is 12.0. The zero-order chi connectivity index (χ0) is 12.2. The third-order valence-electron chi connectivity index (χ3n) is 2.81. The highest BCUT2D eigenvalue weighted by Gasteiger charge is 2.28. The lowest BCUT2D eigenvalue weighted by Gasteiger charge is -2.30. The average molecular weight is 280 g/mol. The predicted octanol–water partition coefficient (Wildman–Crippen LogP) is 3.93. The Morgan fingerprint density at radius 1 is 1.50 bits per heavy atom. The molecule has 1 heterocycles. The second-order valence-electron chi connectivity index (χ2n) is 3.67. The molecule has 0 unspecified atom stereocenters. The molecule has 0 aromatic carbocycles. The topological polar surface area (TPSA) is 29.1 Å². The van der Waals surface area contributed by atoms with E-state index in [1.54, 1.807) is 11.4 Å². The van der Waals surface area contributed by atoms with E-state index >= 15 is 0 Å². The van der Waals surface area contributed by atoms with Gasteiger partial charge in [-0.05, 0) is 24.3 Å². The van der Waals surface area contributed by atoms with Crippen LogP contribution in [0.2, 0.25) is 5.02 Å². The van der Waals surface area contributed by atoms with Crippen molar-refractivity contribution in [2.45, 2.75) is 32.2 Å². The maximum Gasteiger partial charge on any atom is 0.263 e. The minimum absolute atomic E-state index is 0.135. The van der Waals surface area contributed by atoms with E-state index in [-0.39, 0.29) is 11.4 Å². The first-order valence-corrected chi connectivity index (χ1v) is 6.99. The number of hydrogen-bond donors (Lipinski definition) is 1. The molecule has 0 fully saturated rings. The molecule has 0 atom stereocenters. The number of hydrogen-bond acceptors (Lipinski definition) is 2. The smallest absolute Gasteiger partial charge is 0.263 e. The zero-order valence-corrected chi connectivity index (χ0v) is 11.7. The molecular formula is C11H15Cl2NOS. The molecule has 0 aliphatic carbocycles. The van der Waals surface area contributed by atoms with Crippen LogP contribution in [0.15, 0.2) is 11.4 Å². The average Bonchev–Trinajstić information content (AvgIpc) is 2.72. The molecule has 1 aromatic heterocycles. The molecule has 0 aliphatic heterocycles. The van der Waals surface area contributed by atoms with E-state index in [1.807, 2.05) is 13.8 Å². The molecule has 1 amide bonds. The summed E-state index contributed by atoms with van der Waals surface area (Å²) in [4.78, 5) is 12.5. The first-order chi connectivity index (χ1) is 7.58. The number of carbonyl (C=O) groups is 1. The van der Waals surface area contributed by atoms with Crippen LogP contribution in [0.3, 0.4) is 0 Å². The molecule has 5 heteroatoms. The lowest BCUT2D eigenvalue weighted by atomic mass is 9.95. The predicted molar refractivity (Wildman–Crippen MR) is 70.8 cm³/mol. The Bertz CT molecular complexity index is 352. The molecule has 0 saturated carbocycles. The standard InChI is InChI=1S/C11H15Cl2NOS/c1-3-11(4-2,7-12)14-10(15)9-8(13)5-6-16-9/h5-6H,3-4,7H2,1-2H3,(H,14,15). The highest BCUT2D eigenvalue weighted by Crippen LogP contribution is 2.24. The van der Waals surface area contributed by atoms with Gasteiger partial charge in [0.15, 0.2) is 0 Å². The van der Waals surface area contributed by atoms with Crippen LogP contribution in [0.5, 0.6) is 0 Å². The van der Waals surface area contributed by atoms with Crippen molar-refractivity contribution in [1.29, 1.82) is 0 Å². The molecule has 1 N–H and O–H groups in total. The van der Waals surface area contributed by atoms with E-state index in [1.165, 1.54) is 11.3 Å². The number of alkyl halides is 1. The minimum atomic E-state index is -0.327. The van der Waals surface area contributed by atoms with Gasteiger partial charge in [0.25, 0.3) is 5.91 Å². The Morgan fingerprint density at radius 3 is 2.50 bits per heavy atom.